The number of benzene rings is 1. The van der Waals surface area contributed by atoms with Crippen molar-refractivity contribution in [2.75, 3.05) is 6.61 Å². The van der Waals surface area contributed by atoms with Crippen molar-refractivity contribution in [1.29, 1.82) is 0 Å². The summed E-state index contributed by atoms with van der Waals surface area (Å²) in [5, 5.41) is 0. The van der Waals surface area contributed by atoms with Crippen LogP contribution in [0.3, 0.4) is 0 Å². The third-order valence-corrected chi connectivity index (χ3v) is 2.93. The first kappa shape index (κ1) is 12.7. The Morgan fingerprint density at radius 3 is 2.95 bits per heavy atom. The standard InChI is InChI=1S/C15H15NO4/c1-2-18-15(17)14-16-9-13(20-14)11-5-3-4-6-12(11)19-10-7-8-10/h3-6,9-10H,2,7-8H2,1H3. The number of aromatic nitrogens is 1. The lowest BCUT2D eigenvalue weighted by Gasteiger charge is -2.08. The molecule has 0 N–H and O–H groups in total. The topological polar surface area (TPSA) is 61.6 Å². The highest BCUT2D eigenvalue weighted by atomic mass is 16.5. The SMILES string of the molecule is CCOC(=O)c1ncc(-c2ccccc2OC2CC2)o1. The number of hydrogen-bond donors (Lipinski definition) is 0. The van der Waals surface area contributed by atoms with E-state index < -0.39 is 5.97 Å². The summed E-state index contributed by atoms with van der Waals surface area (Å²) < 4.78 is 16.1. The van der Waals surface area contributed by atoms with Crippen molar-refractivity contribution in [3.05, 3.63) is 36.4 Å². The molecule has 0 bridgehead atoms. The van der Waals surface area contributed by atoms with Gasteiger partial charge >= 0.3 is 11.9 Å². The first-order chi connectivity index (χ1) is 9.78. The molecular formula is C15H15NO4. The van der Waals surface area contributed by atoms with Gasteiger partial charge in [0.1, 0.15) is 5.75 Å². The minimum atomic E-state index is -0.556. The van der Waals surface area contributed by atoms with Crippen molar-refractivity contribution in [1.82, 2.24) is 4.98 Å². The average molecular weight is 273 g/mol. The van der Waals surface area contributed by atoms with Gasteiger partial charge in [-0.05, 0) is 31.9 Å². The van der Waals surface area contributed by atoms with Crippen LogP contribution in [0.2, 0.25) is 0 Å². The molecule has 0 amide bonds. The van der Waals surface area contributed by atoms with Gasteiger partial charge in [0, 0.05) is 0 Å². The number of ether oxygens (including phenoxy) is 2. The van der Waals surface area contributed by atoms with Crippen molar-refractivity contribution in [2.24, 2.45) is 0 Å². The van der Waals surface area contributed by atoms with Crippen LogP contribution in [0.4, 0.5) is 0 Å². The fraction of sp³-hybridized carbons (Fsp3) is 0.333. The van der Waals surface area contributed by atoms with E-state index in [1.165, 1.54) is 6.20 Å². The zero-order valence-corrected chi connectivity index (χ0v) is 11.2. The van der Waals surface area contributed by atoms with E-state index in [2.05, 4.69) is 4.98 Å². The predicted molar refractivity (Wildman–Crippen MR) is 71.5 cm³/mol. The molecule has 1 saturated carbocycles. The molecule has 0 atom stereocenters. The number of nitrogens with zero attached hydrogens (tertiary/aromatic N) is 1. The van der Waals surface area contributed by atoms with Crippen molar-refractivity contribution in [3.63, 3.8) is 0 Å². The zero-order valence-electron chi connectivity index (χ0n) is 11.2. The third-order valence-electron chi connectivity index (χ3n) is 2.93. The van der Waals surface area contributed by atoms with Gasteiger partial charge in [-0.15, -0.1) is 0 Å². The van der Waals surface area contributed by atoms with Crippen molar-refractivity contribution in [3.8, 4) is 17.1 Å². The molecule has 1 heterocycles. The van der Waals surface area contributed by atoms with E-state index in [1.54, 1.807) is 6.92 Å². The van der Waals surface area contributed by atoms with Crippen LogP contribution in [-0.2, 0) is 4.74 Å². The van der Waals surface area contributed by atoms with Crippen molar-refractivity contribution in [2.45, 2.75) is 25.9 Å². The van der Waals surface area contributed by atoms with Crippen LogP contribution in [0, 0.1) is 0 Å². The van der Waals surface area contributed by atoms with E-state index in [0.29, 0.717) is 11.9 Å². The van der Waals surface area contributed by atoms with Crippen LogP contribution in [0.5, 0.6) is 5.75 Å². The Balaban J connectivity index is 1.87. The Labute approximate surface area is 116 Å². The molecule has 0 aliphatic heterocycles. The normalized spacial score (nSPS) is 14.1. The third kappa shape index (κ3) is 2.66. The van der Waals surface area contributed by atoms with Crippen LogP contribution >= 0.6 is 0 Å². The molecule has 0 radical (unpaired) electrons. The minimum Gasteiger partial charge on any atom is -0.490 e. The molecule has 1 aliphatic carbocycles. The first-order valence-corrected chi connectivity index (χ1v) is 6.67. The fourth-order valence-electron chi connectivity index (χ4n) is 1.82. The molecule has 2 aromatic rings. The lowest BCUT2D eigenvalue weighted by molar-refractivity contribution is 0.0482. The first-order valence-electron chi connectivity index (χ1n) is 6.67. The quantitative estimate of drug-likeness (QED) is 0.783. The summed E-state index contributed by atoms with van der Waals surface area (Å²) in [5.41, 5.74) is 0.794. The summed E-state index contributed by atoms with van der Waals surface area (Å²) >= 11 is 0. The van der Waals surface area contributed by atoms with Crippen LogP contribution in [0.25, 0.3) is 11.3 Å². The predicted octanol–water partition coefficient (Wildman–Crippen LogP) is 3.06. The number of esters is 1. The van der Waals surface area contributed by atoms with Gasteiger partial charge in [0.2, 0.25) is 0 Å². The van der Waals surface area contributed by atoms with E-state index in [9.17, 15) is 4.79 Å². The summed E-state index contributed by atoms with van der Waals surface area (Å²) in [7, 11) is 0. The molecule has 5 nitrogen and oxygen atoms in total. The van der Waals surface area contributed by atoms with E-state index >= 15 is 0 Å². The molecule has 0 saturated heterocycles. The van der Waals surface area contributed by atoms with Crippen molar-refractivity contribution >= 4 is 5.97 Å². The molecule has 1 aliphatic rings. The molecule has 104 valence electrons. The second kappa shape index (κ2) is 5.36. The van der Waals surface area contributed by atoms with Crippen LogP contribution in [-0.4, -0.2) is 23.7 Å². The summed E-state index contributed by atoms with van der Waals surface area (Å²) in [6.07, 6.45) is 3.97. The highest BCUT2D eigenvalue weighted by Gasteiger charge is 2.25. The van der Waals surface area contributed by atoms with E-state index in [-0.39, 0.29) is 12.5 Å². The summed E-state index contributed by atoms with van der Waals surface area (Å²) in [4.78, 5) is 15.5. The molecule has 0 unspecified atom stereocenters. The van der Waals surface area contributed by atoms with Gasteiger partial charge in [0.05, 0.1) is 24.5 Å². The highest BCUT2D eigenvalue weighted by molar-refractivity contribution is 5.84. The maximum absolute atomic E-state index is 11.6. The van der Waals surface area contributed by atoms with Crippen LogP contribution < -0.4 is 4.74 Å². The zero-order chi connectivity index (χ0) is 13.9. The van der Waals surface area contributed by atoms with E-state index in [4.69, 9.17) is 13.9 Å². The minimum absolute atomic E-state index is 0.0388. The van der Waals surface area contributed by atoms with Gasteiger partial charge in [-0.2, -0.15) is 0 Å². The number of rotatable bonds is 5. The monoisotopic (exact) mass is 273 g/mol. The molecule has 20 heavy (non-hydrogen) atoms. The lowest BCUT2D eigenvalue weighted by Crippen LogP contribution is -2.04. The number of hydrogen-bond acceptors (Lipinski definition) is 5. The number of oxazole rings is 1. The second-order valence-electron chi connectivity index (χ2n) is 4.56. The smallest absolute Gasteiger partial charge is 0.394 e. The van der Waals surface area contributed by atoms with Gasteiger partial charge in [0.15, 0.2) is 5.76 Å². The Morgan fingerprint density at radius 2 is 2.20 bits per heavy atom. The van der Waals surface area contributed by atoms with Gasteiger partial charge < -0.3 is 13.9 Å². The molecule has 1 fully saturated rings. The van der Waals surface area contributed by atoms with E-state index in [1.807, 2.05) is 24.3 Å². The summed E-state index contributed by atoms with van der Waals surface area (Å²) in [5.74, 6) is 0.660. The Morgan fingerprint density at radius 1 is 1.40 bits per heavy atom. The summed E-state index contributed by atoms with van der Waals surface area (Å²) in [6, 6.07) is 7.57. The Kier molecular flexibility index (Phi) is 3.41. The molecular weight excluding hydrogens is 258 g/mol. The fourth-order valence-corrected chi connectivity index (χ4v) is 1.82. The lowest BCUT2D eigenvalue weighted by atomic mass is 10.1. The number of para-hydroxylation sites is 1. The number of carbonyl (C=O) groups is 1. The highest BCUT2D eigenvalue weighted by Crippen LogP contribution is 2.34. The summed E-state index contributed by atoms with van der Waals surface area (Å²) in [6.45, 7) is 2.03. The Bertz CT molecular complexity index is 616. The van der Waals surface area contributed by atoms with Crippen molar-refractivity contribution < 1.29 is 18.7 Å². The molecule has 1 aromatic heterocycles. The van der Waals surface area contributed by atoms with Gasteiger partial charge in [-0.1, -0.05) is 12.1 Å². The Hall–Kier alpha value is -2.30. The van der Waals surface area contributed by atoms with Gasteiger partial charge in [-0.3, -0.25) is 0 Å². The molecule has 1 aromatic carbocycles. The van der Waals surface area contributed by atoms with Gasteiger partial charge in [0.25, 0.3) is 0 Å². The van der Waals surface area contributed by atoms with Crippen LogP contribution in [0.1, 0.15) is 30.5 Å². The largest absolute Gasteiger partial charge is 0.490 e. The maximum atomic E-state index is 11.6. The molecule has 3 rings (SSSR count). The maximum Gasteiger partial charge on any atom is 0.394 e. The van der Waals surface area contributed by atoms with E-state index in [0.717, 1.165) is 24.2 Å². The van der Waals surface area contributed by atoms with Gasteiger partial charge in [-0.25, -0.2) is 9.78 Å². The molecule has 5 heteroatoms. The second-order valence-corrected chi connectivity index (χ2v) is 4.56. The average Bonchev–Trinajstić information content (AvgIpc) is 3.13. The number of carbonyl (C=O) groups excluding carboxylic acids is 1. The molecule has 0 spiro atoms. The van der Waals surface area contributed by atoms with Crippen LogP contribution in [0.15, 0.2) is 34.9 Å².